The third-order valence-corrected chi connectivity index (χ3v) is 17.6. The Morgan fingerprint density at radius 2 is 0.593 bits per heavy atom. The predicted molar refractivity (Wildman–Crippen MR) is 344 cm³/mol. The molecule has 0 aromatic heterocycles. The average Bonchev–Trinajstić information content (AvgIpc) is 3.51. The third kappa shape index (κ3) is 59.7. The van der Waals surface area contributed by atoms with Gasteiger partial charge in [0, 0.05) is 25.7 Å². The molecule has 0 saturated carbocycles. The van der Waals surface area contributed by atoms with Crippen LogP contribution in [0.4, 0.5) is 0 Å². The molecule has 0 aliphatic carbocycles. The highest BCUT2D eigenvalue weighted by Crippen LogP contribution is 2.45. The van der Waals surface area contributed by atoms with Gasteiger partial charge in [0.15, 0.2) is 12.2 Å². The number of phosphoric ester groups is 2. The number of esters is 4. The molecule has 6 atom stereocenters. The van der Waals surface area contributed by atoms with Gasteiger partial charge in [0.25, 0.3) is 0 Å². The molecule has 86 heavy (non-hydrogen) atoms. The summed E-state index contributed by atoms with van der Waals surface area (Å²) in [6, 6.07) is 0. The van der Waals surface area contributed by atoms with E-state index in [0.717, 1.165) is 114 Å². The predicted octanol–water partition coefficient (Wildman–Crippen LogP) is 18.7. The highest BCUT2D eigenvalue weighted by molar-refractivity contribution is 7.47. The van der Waals surface area contributed by atoms with Gasteiger partial charge in [-0.1, -0.05) is 280 Å². The van der Waals surface area contributed by atoms with E-state index >= 15 is 0 Å². The van der Waals surface area contributed by atoms with Crippen molar-refractivity contribution in [3.05, 3.63) is 0 Å². The Hall–Kier alpha value is -1.94. The number of aliphatic hydroxyl groups is 1. The van der Waals surface area contributed by atoms with Crippen LogP contribution in [0.25, 0.3) is 0 Å². The van der Waals surface area contributed by atoms with Gasteiger partial charge < -0.3 is 33.8 Å². The number of rotatable bonds is 65. The van der Waals surface area contributed by atoms with Crippen LogP contribution in [0.1, 0.15) is 331 Å². The van der Waals surface area contributed by atoms with Gasteiger partial charge in [0.2, 0.25) is 0 Å². The molecular formula is C67H130O17P2. The second-order valence-electron chi connectivity index (χ2n) is 25.4. The second-order valence-corrected chi connectivity index (χ2v) is 28.3. The number of phosphoric acid groups is 2. The van der Waals surface area contributed by atoms with Crippen LogP contribution in [0.5, 0.6) is 0 Å². The van der Waals surface area contributed by atoms with E-state index in [1.807, 2.05) is 0 Å². The van der Waals surface area contributed by atoms with E-state index in [-0.39, 0.29) is 25.7 Å². The van der Waals surface area contributed by atoms with Crippen molar-refractivity contribution in [1.82, 2.24) is 0 Å². The van der Waals surface area contributed by atoms with Crippen molar-refractivity contribution < 1.29 is 80.2 Å². The number of unbranched alkanes of at least 4 members (excludes halogenated alkanes) is 32. The zero-order chi connectivity index (χ0) is 63.8. The van der Waals surface area contributed by atoms with E-state index in [0.29, 0.717) is 25.7 Å². The number of carbonyl (C=O) groups is 4. The second kappa shape index (κ2) is 58.2. The van der Waals surface area contributed by atoms with E-state index < -0.39 is 97.5 Å². The summed E-state index contributed by atoms with van der Waals surface area (Å²) in [5.74, 6) is 0.145. The van der Waals surface area contributed by atoms with Crippen molar-refractivity contribution in [2.45, 2.75) is 349 Å². The van der Waals surface area contributed by atoms with Crippen molar-refractivity contribution >= 4 is 39.5 Å². The minimum absolute atomic E-state index is 0.102. The number of hydrogen-bond donors (Lipinski definition) is 3. The standard InChI is InChI=1S/C67H130O17P2/c1-8-10-11-31-41-48-64(69)77-54-62(84-67(72)51-44-37-30-29-34-40-47-60(7)9-2)56-81-85(73,74)79-52-61(68)53-80-86(75,76)82-57-63(55-78-65(70)49-42-35-27-23-19-16-15-18-22-26-33-39-46-59(5)6)83-66(71)50-43-36-28-24-20-14-12-13-17-21-25-32-38-45-58(3)4/h58-63,68H,8-57H2,1-7H3,(H,73,74)(H,75,76)/t60?,61-,62+,63+/m0/s1. The van der Waals surface area contributed by atoms with Crippen molar-refractivity contribution in [3.63, 3.8) is 0 Å². The monoisotopic (exact) mass is 1270 g/mol. The molecule has 510 valence electrons. The zero-order valence-corrected chi connectivity index (χ0v) is 57.6. The largest absolute Gasteiger partial charge is 0.472 e. The van der Waals surface area contributed by atoms with Crippen LogP contribution in [0.2, 0.25) is 0 Å². The van der Waals surface area contributed by atoms with Crippen molar-refractivity contribution in [1.29, 1.82) is 0 Å². The van der Waals surface area contributed by atoms with Crippen molar-refractivity contribution in [3.8, 4) is 0 Å². The van der Waals surface area contributed by atoms with Gasteiger partial charge in [-0.05, 0) is 43.4 Å². The van der Waals surface area contributed by atoms with Crippen molar-refractivity contribution in [2.24, 2.45) is 17.8 Å². The SMILES string of the molecule is CCCCCCCC(=O)OC[C@H](COP(=O)(O)OC[C@H](O)COP(=O)(O)OC[C@@H](COC(=O)CCCCCCCCCCCCCCC(C)C)OC(=O)CCCCCCCCCCCCCCCC(C)C)OC(=O)CCCCCCCCC(C)CC. The Morgan fingerprint density at radius 3 is 0.884 bits per heavy atom. The van der Waals surface area contributed by atoms with Gasteiger partial charge in [-0.25, -0.2) is 9.13 Å². The molecule has 0 spiro atoms. The Balaban J connectivity index is 5.18. The Morgan fingerprint density at radius 1 is 0.337 bits per heavy atom. The van der Waals surface area contributed by atoms with E-state index in [4.69, 9.17) is 37.0 Å². The maximum atomic E-state index is 13.0. The molecule has 3 unspecified atom stereocenters. The van der Waals surface area contributed by atoms with Gasteiger partial charge in [0.05, 0.1) is 26.4 Å². The highest BCUT2D eigenvalue weighted by Gasteiger charge is 2.30. The minimum Gasteiger partial charge on any atom is -0.462 e. The molecule has 0 aliphatic heterocycles. The molecule has 0 saturated heterocycles. The van der Waals surface area contributed by atoms with Crippen LogP contribution in [0.3, 0.4) is 0 Å². The first-order valence-corrected chi connectivity index (χ1v) is 37.9. The fourth-order valence-corrected chi connectivity index (χ4v) is 11.6. The molecule has 0 radical (unpaired) electrons. The molecule has 0 fully saturated rings. The Bertz CT molecular complexity index is 1700. The van der Waals surface area contributed by atoms with Crippen LogP contribution in [-0.2, 0) is 65.4 Å². The molecule has 0 rings (SSSR count). The Labute approximate surface area is 524 Å². The molecule has 0 heterocycles. The van der Waals surface area contributed by atoms with Crippen LogP contribution < -0.4 is 0 Å². The molecule has 17 nitrogen and oxygen atoms in total. The lowest BCUT2D eigenvalue weighted by molar-refractivity contribution is -0.161. The summed E-state index contributed by atoms with van der Waals surface area (Å²) >= 11 is 0. The van der Waals surface area contributed by atoms with Crippen LogP contribution >= 0.6 is 15.6 Å². The minimum atomic E-state index is -4.95. The quantitative estimate of drug-likeness (QED) is 0.0222. The molecule has 0 amide bonds. The molecule has 19 heteroatoms. The van der Waals surface area contributed by atoms with Gasteiger partial charge in [-0.15, -0.1) is 0 Å². The maximum absolute atomic E-state index is 13.0. The van der Waals surface area contributed by atoms with Crippen molar-refractivity contribution in [2.75, 3.05) is 39.6 Å². The fraction of sp³-hybridized carbons (Fsp3) is 0.940. The van der Waals surface area contributed by atoms with Crippen LogP contribution in [0, 0.1) is 17.8 Å². The molecule has 0 aliphatic rings. The summed E-state index contributed by atoms with van der Waals surface area (Å²) in [6.45, 7) is 11.7. The van der Waals surface area contributed by atoms with Crippen LogP contribution in [-0.4, -0.2) is 96.7 Å². The number of hydrogen-bond acceptors (Lipinski definition) is 15. The summed E-state index contributed by atoms with van der Waals surface area (Å²) < 4.78 is 67.9. The first kappa shape index (κ1) is 84.1. The molecule has 0 aromatic carbocycles. The topological polar surface area (TPSA) is 237 Å². The summed E-state index contributed by atoms with van der Waals surface area (Å²) in [5, 5.41) is 10.5. The summed E-state index contributed by atoms with van der Waals surface area (Å²) in [7, 11) is -9.89. The lowest BCUT2D eigenvalue weighted by atomic mass is 10.00. The van der Waals surface area contributed by atoms with Gasteiger partial charge in [-0.2, -0.15) is 0 Å². The first-order chi connectivity index (χ1) is 41.3. The lowest BCUT2D eigenvalue weighted by Crippen LogP contribution is -2.30. The normalized spacial score (nSPS) is 14.6. The average molecular weight is 1270 g/mol. The zero-order valence-electron chi connectivity index (χ0n) is 55.8. The molecular weight excluding hydrogens is 1140 g/mol. The molecule has 3 N–H and O–H groups in total. The highest BCUT2D eigenvalue weighted by atomic mass is 31.2. The number of carbonyl (C=O) groups excluding carboxylic acids is 4. The molecule has 0 aromatic rings. The third-order valence-electron chi connectivity index (χ3n) is 15.7. The lowest BCUT2D eigenvalue weighted by Gasteiger charge is -2.21. The molecule has 0 bridgehead atoms. The van der Waals surface area contributed by atoms with E-state index in [2.05, 4.69) is 48.5 Å². The summed E-state index contributed by atoms with van der Waals surface area (Å²) in [6.07, 6.45) is 40.7. The smallest absolute Gasteiger partial charge is 0.462 e. The van der Waals surface area contributed by atoms with E-state index in [9.17, 15) is 43.2 Å². The number of aliphatic hydroxyl groups excluding tert-OH is 1. The van der Waals surface area contributed by atoms with Crippen LogP contribution in [0.15, 0.2) is 0 Å². The maximum Gasteiger partial charge on any atom is 0.472 e. The summed E-state index contributed by atoms with van der Waals surface area (Å²) in [5.41, 5.74) is 0. The van der Waals surface area contributed by atoms with Gasteiger partial charge in [0.1, 0.15) is 19.3 Å². The van der Waals surface area contributed by atoms with Gasteiger partial charge in [-0.3, -0.25) is 37.3 Å². The summed E-state index contributed by atoms with van der Waals surface area (Å²) in [4.78, 5) is 72.1. The van der Waals surface area contributed by atoms with E-state index in [1.165, 1.54) is 135 Å². The fourth-order valence-electron chi connectivity index (χ4n) is 9.98. The first-order valence-electron chi connectivity index (χ1n) is 34.9. The number of ether oxygens (including phenoxy) is 4. The van der Waals surface area contributed by atoms with E-state index in [1.54, 1.807) is 0 Å². The van der Waals surface area contributed by atoms with Gasteiger partial charge >= 0.3 is 39.5 Å². The Kier molecular flexibility index (Phi) is 56.9.